The minimum atomic E-state index is 0.227. The highest BCUT2D eigenvalue weighted by Gasteiger charge is 2.09. The van der Waals surface area contributed by atoms with Crippen LogP contribution in [0.3, 0.4) is 0 Å². The lowest BCUT2D eigenvalue weighted by Gasteiger charge is -2.24. The van der Waals surface area contributed by atoms with Crippen LogP contribution in [0.25, 0.3) is 0 Å². The lowest BCUT2D eigenvalue weighted by atomic mass is 10.0. The molecule has 1 rings (SSSR count). The molecule has 0 fully saturated rings. The zero-order valence-corrected chi connectivity index (χ0v) is 12.5. The van der Waals surface area contributed by atoms with Gasteiger partial charge < -0.3 is 10.6 Å². The molecular weight excluding hydrogens is 244 g/mol. The van der Waals surface area contributed by atoms with Gasteiger partial charge in [0.25, 0.3) is 0 Å². The summed E-state index contributed by atoms with van der Waals surface area (Å²) in [7, 11) is 0. The molecule has 0 aliphatic carbocycles. The Labute approximate surface area is 116 Å². The zero-order chi connectivity index (χ0) is 13.5. The second-order valence-electron chi connectivity index (χ2n) is 4.74. The molecule has 0 aliphatic rings. The van der Waals surface area contributed by atoms with Crippen LogP contribution in [-0.2, 0) is 6.42 Å². The van der Waals surface area contributed by atoms with Crippen molar-refractivity contribution in [2.45, 2.75) is 46.1 Å². The van der Waals surface area contributed by atoms with Gasteiger partial charge in [0, 0.05) is 19.1 Å². The lowest BCUT2D eigenvalue weighted by Crippen LogP contribution is -2.24. The minimum absolute atomic E-state index is 0.227. The Morgan fingerprint density at radius 3 is 2.50 bits per heavy atom. The summed E-state index contributed by atoms with van der Waals surface area (Å²) in [6, 6.07) is 6.56. The summed E-state index contributed by atoms with van der Waals surface area (Å²) < 4.78 is 0. The number of rotatable bonds is 7. The molecule has 102 valence electrons. The largest absolute Gasteiger partial charge is 0.371 e. The van der Waals surface area contributed by atoms with Crippen molar-refractivity contribution < 1.29 is 0 Å². The third-order valence-electron chi connectivity index (χ3n) is 3.25. The van der Waals surface area contributed by atoms with Gasteiger partial charge in [-0.3, -0.25) is 0 Å². The van der Waals surface area contributed by atoms with E-state index < -0.39 is 0 Å². The highest BCUT2D eigenvalue weighted by Crippen LogP contribution is 2.27. The molecule has 1 atom stereocenters. The number of benzene rings is 1. The van der Waals surface area contributed by atoms with Gasteiger partial charge in [-0.25, -0.2) is 0 Å². The fraction of sp³-hybridized carbons (Fsp3) is 0.600. The molecule has 3 heteroatoms. The van der Waals surface area contributed by atoms with Crippen LogP contribution in [0.5, 0.6) is 0 Å². The standard InChI is InChI=1S/C15H25ClN2/c1-4-9-18(6-3)15-8-7-12(11-14(15)16)10-13(17)5-2/h7-8,11,13H,4-6,9-10,17H2,1-3H3. The van der Waals surface area contributed by atoms with Gasteiger partial charge in [0.15, 0.2) is 0 Å². The predicted molar refractivity (Wildman–Crippen MR) is 81.6 cm³/mol. The smallest absolute Gasteiger partial charge is 0.0642 e. The van der Waals surface area contributed by atoms with Crippen LogP contribution in [-0.4, -0.2) is 19.1 Å². The van der Waals surface area contributed by atoms with Crippen molar-refractivity contribution in [3.8, 4) is 0 Å². The molecule has 1 unspecified atom stereocenters. The van der Waals surface area contributed by atoms with Crippen molar-refractivity contribution in [1.29, 1.82) is 0 Å². The summed E-state index contributed by atoms with van der Waals surface area (Å²) >= 11 is 6.38. The maximum absolute atomic E-state index is 6.38. The number of anilines is 1. The molecule has 0 saturated heterocycles. The van der Waals surface area contributed by atoms with Crippen LogP contribution < -0.4 is 10.6 Å². The molecule has 0 heterocycles. The number of halogens is 1. The van der Waals surface area contributed by atoms with Gasteiger partial charge in [0.2, 0.25) is 0 Å². The predicted octanol–water partition coefficient (Wildman–Crippen LogP) is 3.86. The Bertz CT molecular complexity index is 366. The van der Waals surface area contributed by atoms with E-state index >= 15 is 0 Å². The molecule has 0 radical (unpaired) electrons. The zero-order valence-electron chi connectivity index (χ0n) is 11.7. The van der Waals surface area contributed by atoms with Crippen LogP contribution in [0, 0.1) is 0 Å². The van der Waals surface area contributed by atoms with E-state index in [9.17, 15) is 0 Å². The molecule has 0 saturated carbocycles. The van der Waals surface area contributed by atoms with E-state index in [0.717, 1.165) is 43.1 Å². The van der Waals surface area contributed by atoms with Crippen LogP contribution >= 0.6 is 11.6 Å². The first-order chi connectivity index (χ1) is 8.62. The summed E-state index contributed by atoms with van der Waals surface area (Å²) in [6.45, 7) is 8.49. The van der Waals surface area contributed by atoms with Gasteiger partial charge in [-0.15, -0.1) is 0 Å². The maximum atomic E-state index is 6.38. The van der Waals surface area contributed by atoms with E-state index in [2.05, 4.69) is 43.9 Å². The first-order valence-electron chi connectivity index (χ1n) is 6.91. The Hall–Kier alpha value is -0.730. The van der Waals surface area contributed by atoms with Crippen LogP contribution in [0.4, 0.5) is 5.69 Å². The van der Waals surface area contributed by atoms with Crippen molar-refractivity contribution in [2.24, 2.45) is 5.73 Å². The third kappa shape index (κ3) is 4.18. The topological polar surface area (TPSA) is 29.3 Å². The quantitative estimate of drug-likeness (QED) is 0.814. The van der Waals surface area contributed by atoms with E-state index in [4.69, 9.17) is 17.3 Å². The van der Waals surface area contributed by atoms with Crippen molar-refractivity contribution in [3.63, 3.8) is 0 Å². The highest BCUT2D eigenvalue weighted by atomic mass is 35.5. The molecule has 2 N–H and O–H groups in total. The van der Waals surface area contributed by atoms with Crippen molar-refractivity contribution in [3.05, 3.63) is 28.8 Å². The third-order valence-corrected chi connectivity index (χ3v) is 3.55. The molecule has 0 amide bonds. The molecule has 0 bridgehead atoms. The normalized spacial score (nSPS) is 12.5. The van der Waals surface area contributed by atoms with E-state index in [0.29, 0.717) is 0 Å². The summed E-state index contributed by atoms with van der Waals surface area (Å²) in [5.74, 6) is 0. The molecule has 1 aromatic rings. The first kappa shape index (κ1) is 15.3. The van der Waals surface area contributed by atoms with Gasteiger partial charge in [-0.05, 0) is 43.9 Å². The second-order valence-corrected chi connectivity index (χ2v) is 5.15. The number of nitrogens with zero attached hydrogens (tertiary/aromatic N) is 1. The average molecular weight is 269 g/mol. The number of hydrogen-bond donors (Lipinski definition) is 1. The average Bonchev–Trinajstić information content (AvgIpc) is 2.36. The van der Waals surface area contributed by atoms with E-state index in [1.165, 1.54) is 5.56 Å². The molecule has 18 heavy (non-hydrogen) atoms. The molecule has 2 nitrogen and oxygen atoms in total. The lowest BCUT2D eigenvalue weighted by molar-refractivity contribution is 0.646. The fourth-order valence-electron chi connectivity index (χ4n) is 2.10. The Morgan fingerprint density at radius 2 is 2.00 bits per heavy atom. The molecule has 0 aliphatic heterocycles. The van der Waals surface area contributed by atoms with E-state index in [1.807, 2.05) is 0 Å². The van der Waals surface area contributed by atoms with Crippen LogP contribution in [0.15, 0.2) is 18.2 Å². The minimum Gasteiger partial charge on any atom is -0.371 e. The Morgan fingerprint density at radius 1 is 1.28 bits per heavy atom. The van der Waals surface area contributed by atoms with Crippen molar-refractivity contribution >= 4 is 17.3 Å². The second kappa shape index (κ2) is 7.65. The molecule has 0 aromatic heterocycles. The fourth-order valence-corrected chi connectivity index (χ4v) is 2.42. The van der Waals surface area contributed by atoms with E-state index in [1.54, 1.807) is 0 Å². The summed E-state index contributed by atoms with van der Waals surface area (Å²) in [4.78, 5) is 2.31. The van der Waals surface area contributed by atoms with E-state index in [-0.39, 0.29) is 6.04 Å². The molecule has 0 spiro atoms. The van der Waals surface area contributed by atoms with Gasteiger partial charge in [0.1, 0.15) is 0 Å². The molecule has 1 aromatic carbocycles. The maximum Gasteiger partial charge on any atom is 0.0642 e. The van der Waals surface area contributed by atoms with Crippen LogP contribution in [0.2, 0.25) is 5.02 Å². The summed E-state index contributed by atoms with van der Waals surface area (Å²) in [5.41, 5.74) is 8.33. The van der Waals surface area contributed by atoms with Gasteiger partial charge in [-0.2, -0.15) is 0 Å². The Balaban J connectivity index is 2.84. The number of nitrogens with two attached hydrogens (primary N) is 1. The van der Waals surface area contributed by atoms with Gasteiger partial charge >= 0.3 is 0 Å². The highest BCUT2D eigenvalue weighted by molar-refractivity contribution is 6.33. The van der Waals surface area contributed by atoms with Crippen LogP contribution in [0.1, 0.15) is 39.2 Å². The Kier molecular flexibility index (Phi) is 6.51. The van der Waals surface area contributed by atoms with Gasteiger partial charge in [0.05, 0.1) is 10.7 Å². The molecular formula is C15H25ClN2. The SMILES string of the molecule is CCCN(CC)c1ccc(CC(N)CC)cc1Cl. The van der Waals surface area contributed by atoms with Crippen molar-refractivity contribution in [1.82, 2.24) is 0 Å². The van der Waals surface area contributed by atoms with Gasteiger partial charge in [-0.1, -0.05) is 31.5 Å². The monoisotopic (exact) mass is 268 g/mol. The first-order valence-corrected chi connectivity index (χ1v) is 7.29. The van der Waals surface area contributed by atoms with Crippen molar-refractivity contribution in [2.75, 3.05) is 18.0 Å². The summed E-state index contributed by atoms with van der Waals surface area (Å²) in [6.07, 6.45) is 3.03. The number of hydrogen-bond acceptors (Lipinski definition) is 2. The summed E-state index contributed by atoms with van der Waals surface area (Å²) in [5, 5.41) is 0.839.